The van der Waals surface area contributed by atoms with Gasteiger partial charge >= 0.3 is 0 Å². The Hall–Kier alpha value is -1.97. The highest BCUT2D eigenvalue weighted by Gasteiger charge is 2.21. The first kappa shape index (κ1) is 15.4. The summed E-state index contributed by atoms with van der Waals surface area (Å²) in [6.45, 7) is 11.5. The molecule has 4 heteroatoms. The maximum Gasteiger partial charge on any atom is 0.136 e. The fraction of sp³-hybridized carbons (Fsp3) is 0.471. The second-order valence-electron chi connectivity index (χ2n) is 6.28. The molecule has 0 aliphatic heterocycles. The summed E-state index contributed by atoms with van der Waals surface area (Å²) < 4.78 is 0. The monoisotopic (exact) mass is 284 g/mol. The van der Waals surface area contributed by atoms with Crippen molar-refractivity contribution in [1.29, 1.82) is 0 Å². The molecule has 0 aliphatic carbocycles. The van der Waals surface area contributed by atoms with Crippen LogP contribution in [0.15, 0.2) is 24.5 Å². The number of hydrogen-bond acceptors (Lipinski definition) is 4. The number of nitrogens with one attached hydrogen (secondary N) is 1. The van der Waals surface area contributed by atoms with Gasteiger partial charge in [0.15, 0.2) is 0 Å². The minimum atomic E-state index is -0.0646. The third-order valence-corrected chi connectivity index (χ3v) is 3.38. The Labute approximate surface area is 127 Å². The van der Waals surface area contributed by atoms with E-state index in [4.69, 9.17) is 9.97 Å². The van der Waals surface area contributed by atoms with Crippen LogP contribution in [0.25, 0.3) is 0 Å². The smallest absolute Gasteiger partial charge is 0.136 e. The Morgan fingerprint density at radius 2 is 1.76 bits per heavy atom. The summed E-state index contributed by atoms with van der Waals surface area (Å²) >= 11 is 0. The molecule has 4 nitrogen and oxygen atoms in total. The number of nitrogens with zero attached hydrogens (tertiary/aromatic N) is 3. The van der Waals surface area contributed by atoms with Gasteiger partial charge in [-0.1, -0.05) is 20.8 Å². The molecule has 0 amide bonds. The fourth-order valence-electron chi connectivity index (χ4n) is 2.10. The van der Waals surface area contributed by atoms with E-state index in [1.54, 1.807) is 0 Å². The van der Waals surface area contributed by atoms with Crippen LogP contribution in [-0.4, -0.2) is 21.5 Å². The molecule has 1 N–H and O–H groups in total. The zero-order chi connectivity index (χ0) is 15.5. The zero-order valence-electron chi connectivity index (χ0n) is 13.6. The molecule has 21 heavy (non-hydrogen) atoms. The topological polar surface area (TPSA) is 50.7 Å². The van der Waals surface area contributed by atoms with Crippen LogP contribution in [0, 0.1) is 6.92 Å². The van der Waals surface area contributed by atoms with Gasteiger partial charge in [-0.05, 0) is 31.5 Å². The van der Waals surface area contributed by atoms with E-state index < -0.39 is 0 Å². The lowest BCUT2D eigenvalue weighted by Gasteiger charge is -2.21. The molecule has 0 bridgehead atoms. The highest BCUT2D eigenvalue weighted by Crippen LogP contribution is 2.24. The van der Waals surface area contributed by atoms with Crippen molar-refractivity contribution in [2.24, 2.45) is 0 Å². The Balaban J connectivity index is 2.45. The summed E-state index contributed by atoms with van der Waals surface area (Å²) in [5.74, 6) is 1.83. The molecule has 2 aromatic rings. The first-order valence-corrected chi connectivity index (χ1v) is 7.42. The van der Waals surface area contributed by atoms with Crippen LogP contribution in [0.5, 0.6) is 0 Å². The number of rotatable bonds is 4. The summed E-state index contributed by atoms with van der Waals surface area (Å²) in [6, 6.07) is 4.07. The third kappa shape index (κ3) is 3.78. The van der Waals surface area contributed by atoms with Gasteiger partial charge in [-0.2, -0.15) is 0 Å². The van der Waals surface area contributed by atoms with E-state index in [1.807, 2.05) is 24.5 Å². The van der Waals surface area contributed by atoms with E-state index >= 15 is 0 Å². The first-order chi connectivity index (χ1) is 9.91. The molecule has 0 saturated heterocycles. The average molecular weight is 284 g/mol. The lowest BCUT2D eigenvalue weighted by atomic mass is 9.95. The van der Waals surface area contributed by atoms with Gasteiger partial charge in [0.1, 0.15) is 11.6 Å². The van der Waals surface area contributed by atoms with Gasteiger partial charge in [-0.25, -0.2) is 9.97 Å². The van der Waals surface area contributed by atoms with Gasteiger partial charge in [-0.15, -0.1) is 0 Å². The van der Waals surface area contributed by atoms with Crippen LogP contribution < -0.4 is 5.32 Å². The predicted molar refractivity (Wildman–Crippen MR) is 86.7 cm³/mol. The summed E-state index contributed by atoms with van der Waals surface area (Å²) in [4.78, 5) is 13.6. The van der Waals surface area contributed by atoms with E-state index in [2.05, 4.69) is 44.9 Å². The molecule has 0 spiro atoms. The van der Waals surface area contributed by atoms with Crippen molar-refractivity contribution < 1.29 is 0 Å². The second-order valence-corrected chi connectivity index (χ2v) is 6.28. The number of pyridine rings is 1. The molecular formula is C17H24N4. The standard InChI is InChI=1S/C17H24N4/c1-6-19-15-12(2)14(11-13-7-9-18-10-8-13)20-16(21-15)17(3,4)5/h7-10H,6,11H2,1-5H3,(H,19,20,21). The Morgan fingerprint density at radius 1 is 1.10 bits per heavy atom. The van der Waals surface area contributed by atoms with Crippen molar-refractivity contribution in [3.63, 3.8) is 0 Å². The molecule has 0 saturated carbocycles. The van der Waals surface area contributed by atoms with Crippen molar-refractivity contribution >= 4 is 5.82 Å². The molecular weight excluding hydrogens is 260 g/mol. The van der Waals surface area contributed by atoms with E-state index in [0.29, 0.717) is 0 Å². The predicted octanol–water partition coefficient (Wildman–Crippen LogP) is 3.50. The number of hydrogen-bond donors (Lipinski definition) is 1. The van der Waals surface area contributed by atoms with Crippen LogP contribution in [-0.2, 0) is 11.8 Å². The summed E-state index contributed by atoms with van der Waals surface area (Å²) in [6.07, 6.45) is 4.45. The number of aromatic nitrogens is 3. The lowest BCUT2D eigenvalue weighted by molar-refractivity contribution is 0.542. The van der Waals surface area contributed by atoms with Gasteiger partial charge < -0.3 is 5.32 Å². The molecule has 0 atom stereocenters. The van der Waals surface area contributed by atoms with Gasteiger partial charge in [0, 0.05) is 36.3 Å². The second kappa shape index (κ2) is 6.20. The largest absolute Gasteiger partial charge is 0.370 e. The highest BCUT2D eigenvalue weighted by molar-refractivity contribution is 5.47. The van der Waals surface area contributed by atoms with Crippen LogP contribution in [0.4, 0.5) is 5.82 Å². The summed E-state index contributed by atoms with van der Waals surface area (Å²) in [5.41, 5.74) is 3.36. The molecule has 0 aliphatic rings. The molecule has 2 aromatic heterocycles. The first-order valence-electron chi connectivity index (χ1n) is 7.42. The third-order valence-electron chi connectivity index (χ3n) is 3.38. The van der Waals surface area contributed by atoms with E-state index in [0.717, 1.165) is 35.9 Å². The van der Waals surface area contributed by atoms with E-state index in [-0.39, 0.29) is 5.41 Å². The van der Waals surface area contributed by atoms with Gasteiger partial charge in [0.25, 0.3) is 0 Å². The molecule has 0 aromatic carbocycles. The fourth-order valence-corrected chi connectivity index (χ4v) is 2.10. The lowest BCUT2D eigenvalue weighted by Crippen LogP contribution is -2.20. The van der Waals surface area contributed by atoms with Crippen LogP contribution in [0.2, 0.25) is 0 Å². The minimum Gasteiger partial charge on any atom is -0.370 e. The van der Waals surface area contributed by atoms with Crippen LogP contribution in [0.3, 0.4) is 0 Å². The van der Waals surface area contributed by atoms with Gasteiger partial charge in [-0.3, -0.25) is 4.98 Å². The molecule has 2 rings (SSSR count). The Kier molecular flexibility index (Phi) is 4.56. The highest BCUT2D eigenvalue weighted by atomic mass is 15.0. The maximum absolute atomic E-state index is 4.81. The van der Waals surface area contributed by atoms with Crippen molar-refractivity contribution in [3.8, 4) is 0 Å². The SMILES string of the molecule is CCNc1nc(C(C)(C)C)nc(Cc2ccncc2)c1C. The van der Waals surface area contributed by atoms with Crippen LogP contribution >= 0.6 is 0 Å². The van der Waals surface area contributed by atoms with Gasteiger partial charge in [0.2, 0.25) is 0 Å². The van der Waals surface area contributed by atoms with Crippen LogP contribution in [0.1, 0.15) is 50.3 Å². The molecule has 0 unspecified atom stereocenters. The molecule has 0 fully saturated rings. The van der Waals surface area contributed by atoms with E-state index in [9.17, 15) is 0 Å². The summed E-state index contributed by atoms with van der Waals surface area (Å²) in [7, 11) is 0. The molecule has 0 radical (unpaired) electrons. The van der Waals surface area contributed by atoms with E-state index in [1.165, 1.54) is 5.56 Å². The molecule has 2 heterocycles. The van der Waals surface area contributed by atoms with Crippen molar-refractivity contribution in [3.05, 3.63) is 47.2 Å². The number of anilines is 1. The average Bonchev–Trinajstić information content (AvgIpc) is 2.43. The Bertz CT molecular complexity index is 600. The Morgan fingerprint density at radius 3 is 2.33 bits per heavy atom. The maximum atomic E-state index is 4.81. The quantitative estimate of drug-likeness (QED) is 0.933. The van der Waals surface area contributed by atoms with Crippen molar-refractivity contribution in [2.45, 2.75) is 46.5 Å². The summed E-state index contributed by atoms with van der Waals surface area (Å²) in [5, 5.41) is 3.35. The van der Waals surface area contributed by atoms with Crippen molar-refractivity contribution in [1.82, 2.24) is 15.0 Å². The zero-order valence-corrected chi connectivity index (χ0v) is 13.6. The van der Waals surface area contributed by atoms with Gasteiger partial charge in [0.05, 0.1) is 5.69 Å². The minimum absolute atomic E-state index is 0.0646. The van der Waals surface area contributed by atoms with Crippen molar-refractivity contribution in [2.75, 3.05) is 11.9 Å². The normalized spacial score (nSPS) is 11.5. The molecule has 112 valence electrons.